The minimum Gasteiger partial charge on any atom is -0.450 e. The van der Waals surface area contributed by atoms with E-state index in [1.165, 1.54) is 0 Å². The summed E-state index contributed by atoms with van der Waals surface area (Å²) < 4.78 is 7.21. The fourth-order valence-corrected chi connectivity index (χ4v) is 2.68. The molecular weight excluding hydrogens is 268 g/mol. The van der Waals surface area contributed by atoms with Crippen molar-refractivity contribution >= 4 is 12.0 Å². The smallest absolute Gasteiger partial charge is 0.409 e. The van der Waals surface area contributed by atoms with Crippen molar-refractivity contribution in [2.45, 2.75) is 52.6 Å². The average molecular weight is 294 g/mol. The Morgan fingerprint density at radius 3 is 2.76 bits per heavy atom. The number of aryl methyl sites for hydroxylation is 2. The zero-order chi connectivity index (χ0) is 15.2. The molecule has 1 aromatic heterocycles. The van der Waals surface area contributed by atoms with Crippen LogP contribution < -0.4 is 5.32 Å². The van der Waals surface area contributed by atoms with E-state index in [0.29, 0.717) is 12.6 Å². The van der Waals surface area contributed by atoms with Gasteiger partial charge in [0.05, 0.1) is 12.3 Å². The number of imidazole rings is 1. The summed E-state index contributed by atoms with van der Waals surface area (Å²) in [5.74, 6) is 0.948. The van der Waals surface area contributed by atoms with E-state index in [1.54, 1.807) is 4.90 Å². The summed E-state index contributed by atoms with van der Waals surface area (Å²) in [6.45, 7) is 8.91. The van der Waals surface area contributed by atoms with Gasteiger partial charge in [-0.2, -0.15) is 0 Å². The number of nitrogens with one attached hydrogen (secondary N) is 1. The number of ether oxygens (including phenoxy) is 1. The van der Waals surface area contributed by atoms with Gasteiger partial charge in [-0.05, 0) is 33.1 Å². The van der Waals surface area contributed by atoms with Crippen LogP contribution in [-0.2, 0) is 11.3 Å². The molecule has 6 nitrogen and oxygen atoms in total. The second-order valence-corrected chi connectivity index (χ2v) is 5.50. The minimum atomic E-state index is -0.195. The number of hydrogen-bond donors (Lipinski definition) is 1. The lowest BCUT2D eigenvalue weighted by molar-refractivity contribution is 0.0983. The van der Waals surface area contributed by atoms with Crippen LogP contribution in [0.25, 0.3) is 0 Å². The Morgan fingerprint density at radius 1 is 1.43 bits per heavy atom. The Morgan fingerprint density at radius 2 is 2.14 bits per heavy atom. The maximum Gasteiger partial charge on any atom is 0.409 e. The molecule has 0 unspecified atom stereocenters. The van der Waals surface area contributed by atoms with Crippen LogP contribution in [0.1, 0.15) is 38.8 Å². The van der Waals surface area contributed by atoms with Gasteiger partial charge in [-0.15, -0.1) is 0 Å². The highest BCUT2D eigenvalue weighted by Crippen LogP contribution is 2.17. The number of hydrogen-bond acceptors (Lipinski definition) is 4. The molecule has 1 saturated heterocycles. The molecule has 1 N–H and O–H groups in total. The van der Waals surface area contributed by atoms with Gasteiger partial charge in [-0.1, -0.05) is 6.92 Å². The van der Waals surface area contributed by atoms with E-state index in [4.69, 9.17) is 4.74 Å². The van der Waals surface area contributed by atoms with Crippen LogP contribution >= 0.6 is 0 Å². The van der Waals surface area contributed by atoms with Crippen LogP contribution in [0.5, 0.6) is 0 Å². The van der Waals surface area contributed by atoms with Gasteiger partial charge in [0.2, 0.25) is 5.95 Å². The SMILES string of the molecule is CCCn1cc(C)nc1NC1CCN(C(=O)OCC)CC1. The highest BCUT2D eigenvalue weighted by Gasteiger charge is 2.24. The van der Waals surface area contributed by atoms with Crippen molar-refractivity contribution in [3.05, 3.63) is 11.9 Å². The molecule has 2 rings (SSSR count). The number of rotatable bonds is 5. The molecule has 0 saturated carbocycles. The molecule has 1 fully saturated rings. The lowest BCUT2D eigenvalue weighted by atomic mass is 10.1. The van der Waals surface area contributed by atoms with Gasteiger partial charge in [-0.25, -0.2) is 9.78 Å². The second-order valence-electron chi connectivity index (χ2n) is 5.50. The fourth-order valence-electron chi connectivity index (χ4n) is 2.68. The van der Waals surface area contributed by atoms with Gasteiger partial charge in [-0.3, -0.25) is 0 Å². The van der Waals surface area contributed by atoms with Crippen molar-refractivity contribution in [2.75, 3.05) is 25.0 Å². The fraction of sp³-hybridized carbons (Fsp3) is 0.733. The first kappa shape index (κ1) is 15.7. The van der Waals surface area contributed by atoms with E-state index in [1.807, 2.05) is 13.8 Å². The Kier molecular flexibility index (Phi) is 5.47. The third-order valence-electron chi connectivity index (χ3n) is 3.72. The van der Waals surface area contributed by atoms with Gasteiger partial charge in [0.15, 0.2) is 0 Å². The zero-order valence-electron chi connectivity index (χ0n) is 13.3. The van der Waals surface area contributed by atoms with Gasteiger partial charge >= 0.3 is 6.09 Å². The van der Waals surface area contributed by atoms with Crippen LogP contribution in [-0.4, -0.2) is 46.3 Å². The molecule has 1 aliphatic heterocycles. The van der Waals surface area contributed by atoms with E-state index in [0.717, 1.165) is 50.5 Å². The van der Waals surface area contributed by atoms with Crippen molar-refractivity contribution in [3.8, 4) is 0 Å². The molecule has 1 aliphatic rings. The van der Waals surface area contributed by atoms with Gasteiger partial charge in [0.25, 0.3) is 0 Å². The number of nitrogens with zero attached hydrogens (tertiary/aromatic N) is 3. The summed E-state index contributed by atoms with van der Waals surface area (Å²) in [4.78, 5) is 18.0. The molecule has 0 aromatic carbocycles. The van der Waals surface area contributed by atoms with Crippen LogP contribution in [0.2, 0.25) is 0 Å². The molecule has 1 aromatic rings. The number of piperidine rings is 1. The summed E-state index contributed by atoms with van der Waals surface area (Å²) in [5.41, 5.74) is 1.04. The average Bonchev–Trinajstić information content (AvgIpc) is 2.80. The minimum absolute atomic E-state index is 0.195. The van der Waals surface area contributed by atoms with E-state index in [2.05, 4.69) is 28.0 Å². The van der Waals surface area contributed by atoms with Gasteiger partial charge in [0.1, 0.15) is 0 Å². The number of amides is 1. The first-order valence-electron chi connectivity index (χ1n) is 7.86. The highest BCUT2D eigenvalue weighted by atomic mass is 16.6. The molecule has 0 spiro atoms. The lowest BCUT2D eigenvalue weighted by Gasteiger charge is -2.31. The number of aromatic nitrogens is 2. The summed E-state index contributed by atoms with van der Waals surface area (Å²) >= 11 is 0. The maximum atomic E-state index is 11.7. The number of likely N-dealkylation sites (tertiary alicyclic amines) is 1. The Bertz CT molecular complexity index is 464. The number of anilines is 1. The van der Waals surface area contributed by atoms with Crippen molar-refractivity contribution in [2.24, 2.45) is 0 Å². The topological polar surface area (TPSA) is 59.4 Å². The first-order valence-corrected chi connectivity index (χ1v) is 7.86. The quantitative estimate of drug-likeness (QED) is 0.907. The standard InChI is InChI=1S/C15H26N4O2/c1-4-8-19-11-12(3)16-14(19)17-13-6-9-18(10-7-13)15(20)21-5-2/h11,13H,4-10H2,1-3H3,(H,16,17). The Hall–Kier alpha value is -1.72. The highest BCUT2D eigenvalue weighted by molar-refractivity contribution is 5.67. The molecule has 21 heavy (non-hydrogen) atoms. The molecule has 0 radical (unpaired) electrons. The van der Waals surface area contributed by atoms with Crippen LogP contribution in [0.3, 0.4) is 0 Å². The third kappa shape index (κ3) is 4.12. The van der Waals surface area contributed by atoms with E-state index >= 15 is 0 Å². The molecule has 0 bridgehead atoms. The van der Waals surface area contributed by atoms with Crippen LogP contribution in [0.4, 0.5) is 10.7 Å². The summed E-state index contributed by atoms with van der Waals surface area (Å²) in [6, 6.07) is 0.369. The summed E-state index contributed by atoms with van der Waals surface area (Å²) in [6.07, 6.45) is 4.83. The van der Waals surface area contributed by atoms with Crippen molar-refractivity contribution in [1.82, 2.24) is 14.5 Å². The van der Waals surface area contributed by atoms with Gasteiger partial charge in [0, 0.05) is 31.9 Å². The molecular formula is C15H26N4O2. The normalized spacial score (nSPS) is 16.0. The molecule has 0 aliphatic carbocycles. The summed E-state index contributed by atoms with van der Waals surface area (Å²) in [7, 11) is 0. The van der Waals surface area contributed by atoms with E-state index in [9.17, 15) is 4.79 Å². The monoisotopic (exact) mass is 294 g/mol. The van der Waals surface area contributed by atoms with Crippen LogP contribution in [0, 0.1) is 6.92 Å². The van der Waals surface area contributed by atoms with Crippen molar-refractivity contribution < 1.29 is 9.53 Å². The van der Waals surface area contributed by atoms with Gasteiger partial charge < -0.3 is 19.5 Å². The Labute approximate surface area is 126 Å². The largest absolute Gasteiger partial charge is 0.450 e. The van der Waals surface area contributed by atoms with Crippen molar-refractivity contribution in [1.29, 1.82) is 0 Å². The number of carbonyl (C=O) groups excluding carboxylic acids is 1. The van der Waals surface area contributed by atoms with E-state index < -0.39 is 0 Å². The van der Waals surface area contributed by atoms with Crippen molar-refractivity contribution in [3.63, 3.8) is 0 Å². The zero-order valence-corrected chi connectivity index (χ0v) is 13.3. The predicted octanol–water partition coefficient (Wildman–Crippen LogP) is 2.63. The molecule has 6 heteroatoms. The maximum absolute atomic E-state index is 11.7. The lowest BCUT2D eigenvalue weighted by Crippen LogP contribution is -2.42. The summed E-state index contributed by atoms with van der Waals surface area (Å²) in [5, 5.41) is 3.52. The molecule has 0 atom stereocenters. The number of carbonyl (C=O) groups is 1. The van der Waals surface area contributed by atoms with Crippen LogP contribution in [0.15, 0.2) is 6.20 Å². The third-order valence-corrected chi connectivity index (χ3v) is 3.72. The molecule has 2 heterocycles. The second kappa shape index (κ2) is 7.33. The predicted molar refractivity (Wildman–Crippen MR) is 82.5 cm³/mol. The molecule has 118 valence electrons. The van der Waals surface area contributed by atoms with E-state index in [-0.39, 0.29) is 6.09 Å². The Balaban J connectivity index is 1.87. The molecule has 1 amide bonds. The first-order chi connectivity index (χ1) is 10.1.